The number of halogens is 3. The SMILES string of the molecule is N[C@H]1CO[C@H](CCc2cc(-c3n[nH]c(=O)o3)ccc2C(F)(F)F)OC1. The van der Waals surface area contributed by atoms with Crippen LogP contribution in [-0.4, -0.2) is 35.7 Å². The van der Waals surface area contributed by atoms with Gasteiger partial charge in [0.1, 0.15) is 0 Å². The van der Waals surface area contributed by atoms with Gasteiger partial charge >= 0.3 is 11.9 Å². The number of rotatable bonds is 4. The second kappa shape index (κ2) is 6.98. The highest BCUT2D eigenvalue weighted by Gasteiger charge is 2.34. The first kappa shape index (κ1) is 17.6. The quantitative estimate of drug-likeness (QED) is 0.861. The number of aromatic nitrogens is 2. The molecule has 1 aromatic carbocycles. The fourth-order valence-electron chi connectivity index (χ4n) is 2.56. The van der Waals surface area contributed by atoms with E-state index in [1.807, 2.05) is 0 Å². The molecule has 1 aliphatic heterocycles. The van der Waals surface area contributed by atoms with E-state index in [1.54, 1.807) is 0 Å². The van der Waals surface area contributed by atoms with Crippen molar-refractivity contribution in [2.24, 2.45) is 5.73 Å². The Morgan fingerprint density at radius 1 is 1.28 bits per heavy atom. The number of hydrogen-bond acceptors (Lipinski definition) is 6. The molecule has 3 rings (SSSR count). The minimum absolute atomic E-state index is 0.0396. The van der Waals surface area contributed by atoms with Gasteiger partial charge < -0.3 is 19.6 Å². The Morgan fingerprint density at radius 2 is 2.00 bits per heavy atom. The van der Waals surface area contributed by atoms with E-state index in [1.165, 1.54) is 12.1 Å². The van der Waals surface area contributed by atoms with Crippen molar-refractivity contribution in [1.29, 1.82) is 0 Å². The maximum atomic E-state index is 13.2. The van der Waals surface area contributed by atoms with Crippen LogP contribution in [0, 0.1) is 0 Å². The van der Waals surface area contributed by atoms with Crippen LogP contribution in [0.5, 0.6) is 0 Å². The van der Waals surface area contributed by atoms with E-state index in [-0.39, 0.29) is 35.9 Å². The molecule has 2 heterocycles. The number of aromatic amines is 1. The summed E-state index contributed by atoms with van der Waals surface area (Å²) in [6.07, 6.45) is -4.80. The predicted molar refractivity (Wildman–Crippen MR) is 79.6 cm³/mol. The van der Waals surface area contributed by atoms with Crippen LogP contribution in [0.25, 0.3) is 11.5 Å². The fourth-order valence-corrected chi connectivity index (χ4v) is 2.56. The lowest BCUT2D eigenvalue weighted by molar-refractivity contribution is -0.187. The van der Waals surface area contributed by atoms with Crippen LogP contribution in [0.2, 0.25) is 0 Å². The van der Waals surface area contributed by atoms with Gasteiger partial charge in [0.15, 0.2) is 6.29 Å². The summed E-state index contributed by atoms with van der Waals surface area (Å²) >= 11 is 0. The fraction of sp³-hybridized carbons (Fsp3) is 0.467. The highest BCUT2D eigenvalue weighted by atomic mass is 19.4. The molecule has 1 fully saturated rings. The molecule has 0 atom stereocenters. The van der Waals surface area contributed by atoms with Crippen LogP contribution in [0.3, 0.4) is 0 Å². The van der Waals surface area contributed by atoms with Crippen LogP contribution in [0.4, 0.5) is 13.2 Å². The Balaban J connectivity index is 1.82. The van der Waals surface area contributed by atoms with Crippen LogP contribution in [0.1, 0.15) is 17.5 Å². The number of hydrogen-bond donors (Lipinski definition) is 2. The smallest absolute Gasteiger partial charge is 0.388 e. The number of benzene rings is 1. The summed E-state index contributed by atoms with van der Waals surface area (Å²) in [7, 11) is 0. The van der Waals surface area contributed by atoms with Crippen LogP contribution in [-0.2, 0) is 22.1 Å². The Labute approximate surface area is 139 Å². The largest absolute Gasteiger partial charge is 0.434 e. The van der Waals surface area contributed by atoms with Gasteiger partial charge in [0.05, 0.1) is 24.8 Å². The molecular weight excluding hydrogens is 343 g/mol. The molecule has 1 aliphatic rings. The van der Waals surface area contributed by atoms with Gasteiger partial charge in [-0.2, -0.15) is 13.2 Å². The molecule has 25 heavy (non-hydrogen) atoms. The zero-order valence-corrected chi connectivity index (χ0v) is 13.0. The summed E-state index contributed by atoms with van der Waals surface area (Å²) in [5, 5.41) is 5.70. The standard InChI is InChI=1S/C15H16F3N3O4/c16-15(17,18)11-3-1-9(13-20-21-14(22)25-13)5-8(11)2-4-12-23-6-10(19)7-24-12/h1,3,5,10,12H,2,4,6-7,19H2,(H,21,22)/t10-,12-. The van der Waals surface area contributed by atoms with Crippen molar-refractivity contribution in [3.63, 3.8) is 0 Å². The lowest BCUT2D eigenvalue weighted by atomic mass is 9.99. The molecule has 0 unspecified atom stereocenters. The van der Waals surface area contributed by atoms with Crippen molar-refractivity contribution in [1.82, 2.24) is 10.2 Å². The average molecular weight is 359 g/mol. The summed E-state index contributed by atoms with van der Waals surface area (Å²) in [4.78, 5) is 11.0. The lowest BCUT2D eigenvalue weighted by Crippen LogP contribution is -2.41. The molecule has 0 radical (unpaired) electrons. The lowest BCUT2D eigenvalue weighted by Gasteiger charge is -2.27. The van der Waals surface area contributed by atoms with Crippen molar-refractivity contribution in [3.8, 4) is 11.5 Å². The predicted octanol–water partition coefficient (Wildman–Crippen LogP) is 1.68. The monoisotopic (exact) mass is 359 g/mol. The molecule has 7 nitrogen and oxygen atoms in total. The van der Waals surface area contributed by atoms with Crippen molar-refractivity contribution in [2.45, 2.75) is 31.3 Å². The molecule has 1 aromatic heterocycles. The highest BCUT2D eigenvalue weighted by molar-refractivity contribution is 5.55. The molecule has 0 bridgehead atoms. The van der Waals surface area contributed by atoms with E-state index in [2.05, 4.69) is 10.2 Å². The second-order valence-electron chi connectivity index (χ2n) is 5.68. The topological polar surface area (TPSA) is 103 Å². The van der Waals surface area contributed by atoms with Gasteiger partial charge in [0.2, 0.25) is 5.89 Å². The first-order chi connectivity index (χ1) is 11.8. The normalized spacial score (nSPS) is 21.4. The molecule has 0 aliphatic carbocycles. The van der Waals surface area contributed by atoms with Crippen LogP contribution < -0.4 is 11.5 Å². The van der Waals surface area contributed by atoms with Gasteiger partial charge in [-0.05, 0) is 30.2 Å². The maximum absolute atomic E-state index is 13.2. The Morgan fingerprint density at radius 3 is 2.60 bits per heavy atom. The number of nitrogens with zero attached hydrogens (tertiary/aromatic N) is 1. The molecule has 1 saturated heterocycles. The zero-order valence-electron chi connectivity index (χ0n) is 13.0. The minimum Gasteiger partial charge on any atom is -0.388 e. The molecule has 2 aromatic rings. The second-order valence-corrected chi connectivity index (χ2v) is 5.68. The van der Waals surface area contributed by atoms with Gasteiger partial charge in [-0.15, -0.1) is 5.10 Å². The van der Waals surface area contributed by atoms with Gasteiger partial charge in [0, 0.05) is 12.0 Å². The number of nitrogens with two attached hydrogens (primary N) is 1. The van der Waals surface area contributed by atoms with Crippen molar-refractivity contribution < 1.29 is 27.1 Å². The summed E-state index contributed by atoms with van der Waals surface area (Å²) in [5.74, 6) is -0.854. The van der Waals surface area contributed by atoms with Crippen LogP contribution in [0.15, 0.2) is 27.4 Å². The van der Waals surface area contributed by atoms with Crippen LogP contribution >= 0.6 is 0 Å². The molecule has 0 saturated carbocycles. The number of aryl methyl sites for hydroxylation is 1. The first-order valence-corrected chi connectivity index (χ1v) is 7.57. The number of alkyl halides is 3. The van der Waals surface area contributed by atoms with E-state index < -0.39 is 23.8 Å². The molecule has 136 valence electrons. The van der Waals surface area contributed by atoms with E-state index in [4.69, 9.17) is 19.6 Å². The number of H-pyrrole nitrogens is 1. The van der Waals surface area contributed by atoms with E-state index in [0.29, 0.717) is 13.2 Å². The first-order valence-electron chi connectivity index (χ1n) is 7.57. The summed E-state index contributed by atoms with van der Waals surface area (Å²) in [5.41, 5.74) is 5.18. The Hall–Kier alpha value is -2.17. The molecular formula is C15H16F3N3O4. The Kier molecular flexibility index (Phi) is 4.93. The number of nitrogens with one attached hydrogen (secondary N) is 1. The third kappa shape index (κ3) is 4.27. The average Bonchev–Trinajstić information content (AvgIpc) is 3.00. The van der Waals surface area contributed by atoms with E-state index in [9.17, 15) is 18.0 Å². The van der Waals surface area contributed by atoms with E-state index >= 15 is 0 Å². The van der Waals surface area contributed by atoms with E-state index in [0.717, 1.165) is 6.07 Å². The van der Waals surface area contributed by atoms with Crippen molar-refractivity contribution >= 4 is 0 Å². The maximum Gasteiger partial charge on any atom is 0.434 e. The molecule has 0 amide bonds. The third-order valence-corrected chi connectivity index (χ3v) is 3.74. The summed E-state index contributed by atoms with van der Waals surface area (Å²) < 4.78 is 55.2. The van der Waals surface area contributed by atoms with Gasteiger partial charge in [-0.25, -0.2) is 9.89 Å². The van der Waals surface area contributed by atoms with Crippen molar-refractivity contribution in [3.05, 3.63) is 39.9 Å². The summed E-state index contributed by atoms with van der Waals surface area (Å²) in [6, 6.07) is 3.22. The van der Waals surface area contributed by atoms with Gasteiger partial charge in [0.25, 0.3) is 0 Å². The van der Waals surface area contributed by atoms with Gasteiger partial charge in [-0.1, -0.05) is 0 Å². The minimum atomic E-state index is -4.50. The Bertz CT molecular complexity index is 779. The van der Waals surface area contributed by atoms with Gasteiger partial charge in [-0.3, -0.25) is 0 Å². The molecule has 10 heteroatoms. The number of ether oxygens (including phenoxy) is 2. The zero-order chi connectivity index (χ0) is 18.0. The molecule has 3 N–H and O–H groups in total. The van der Waals surface area contributed by atoms with Crippen molar-refractivity contribution in [2.75, 3.05) is 13.2 Å². The summed E-state index contributed by atoms with van der Waals surface area (Å²) in [6.45, 7) is 0.602. The highest BCUT2D eigenvalue weighted by Crippen LogP contribution is 2.34. The molecule has 0 spiro atoms. The third-order valence-electron chi connectivity index (χ3n) is 3.74.